The van der Waals surface area contributed by atoms with Gasteiger partial charge < -0.3 is 21.1 Å². The molecule has 1 rings (SSSR count). The molecule has 4 N–H and O–H groups in total. The van der Waals surface area contributed by atoms with Crippen LogP contribution in [-0.2, 0) is 4.79 Å². The average molecular weight is 251 g/mol. The first-order valence-corrected chi connectivity index (χ1v) is 5.62. The summed E-state index contributed by atoms with van der Waals surface area (Å²) in [5, 5.41) is 4.95. The van der Waals surface area contributed by atoms with Gasteiger partial charge in [-0.15, -0.1) is 0 Å². The summed E-state index contributed by atoms with van der Waals surface area (Å²) < 4.78 is 5.28. The second kappa shape index (κ2) is 6.48. The Morgan fingerprint density at radius 2 is 1.94 bits per heavy atom. The number of amides is 3. The molecule has 0 aliphatic heterocycles. The molecule has 0 fully saturated rings. The number of ether oxygens (including phenoxy) is 1. The third-order valence-corrected chi connectivity index (χ3v) is 2.18. The molecule has 0 spiro atoms. The highest BCUT2D eigenvalue weighted by molar-refractivity contribution is 5.96. The van der Waals surface area contributed by atoms with Crippen molar-refractivity contribution in [3.8, 4) is 5.75 Å². The van der Waals surface area contributed by atoms with Gasteiger partial charge >= 0.3 is 6.03 Å². The predicted molar refractivity (Wildman–Crippen MR) is 68.4 cm³/mol. The van der Waals surface area contributed by atoms with Crippen LogP contribution >= 0.6 is 0 Å². The van der Waals surface area contributed by atoms with Crippen molar-refractivity contribution in [2.45, 2.75) is 19.9 Å². The maximum atomic E-state index is 11.6. The minimum absolute atomic E-state index is 0.335. The van der Waals surface area contributed by atoms with Crippen molar-refractivity contribution in [2.75, 3.05) is 11.9 Å². The summed E-state index contributed by atoms with van der Waals surface area (Å²) in [6.45, 7) is 4.03. The SMILES string of the molecule is CCOc1ccc(NC(=O)C(C)NC(N)=O)cc1. The molecule has 0 saturated carbocycles. The molecular weight excluding hydrogens is 234 g/mol. The molecule has 98 valence electrons. The first-order chi connectivity index (χ1) is 8.52. The molecule has 3 amide bonds. The quantitative estimate of drug-likeness (QED) is 0.731. The Hall–Kier alpha value is -2.24. The number of rotatable bonds is 5. The Kier molecular flexibility index (Phi) is 4.98. The molecule has 0 heterocycles. The van der Waals surface area contributed by atoms with Crippen LogP contribution in [0.4, 0.5) is 10.5 Å². The van der Waals surface area contributed by atoms with E-state index >= 15 is 0 Å². The normalized spacial score (nSPS) is 11.4. The number of urea groups is 1. The monoisotopic (exact) mass is 251 g/mol. The maximum absolute atomic E-state index is 11.6. The maximum Gasteiger partial charge on any atom is 0.312 e. The van der Waals surface area contributed by atoms with E-state index in [2.05, 4.69) is 10.6 Å². The molecular formula is C12H17N3O3. The van der Waals surface area contributed by atoms with Crippen molar-refractivity contribution >= 4 is 17.6 Å². The van der Waals surface area contributed by atoms with Gasteiger partial charge in [-0.05, 0) is 38.1 Å². The Morgan fingerprint density at radius 3 is 2.44 bits per heavy atom. The van der Waals surface area contributed by atoms with Crippen LogP contribution in [0, 0.1) is 0 Å². The van der Waals surface area contributed by atoms with E-state index in [1.807, 2.05) is 6.92 Å². The zero-order valence-electron chi connectivity index (χ0n) is 10.4. The van der Waals surface area contributed by atoms with Crippen LogP contribution in [0.3, 0.4) is 0 Å². The van der Waals surface area contributed by atoms with Gasteiger partial charge in [0.25, 0.3) is 0 Å². The Balaban J connectivity index is 2.56. The van der Waals surface area contributed by atoms with Gasteiger partial charge in [0.1, 0.15) is 11.8 Å². The van der Waals surface area contributed by atoms with Gasteiger partial charge in [-0.1, -0.05) is 0 Å². The van der Waals surface area contributed by atoms with Gasteiger partial charge in [0.2, 0.25) is 5.91 Å². The highest BCUT2D eigenvalue weighted by atomic mass is 16.5. The number of nitrogens with two attached hydrogens (primary N) is 1. The molecule has 0 radical (unpaired) electrons. The standard InChI is InChI=1S/C12H17N3O3/c1-3-18-10-6-4-9(5-7-10)15-11(16)8(2)14-12(13)17/h4-8H,3H2,1-2H3,(H,15,16)(H3,13,14,17). The third kappa shape index (κ3) is 4.32. The van der Waals surface area contributed by atoms with E-state index in [1.54, 1.807) is 31.2 Å². The molecule has 1 atom stereocenters. The van der Waals surface area contributed by atoms with Crippen molar-refractivity contribution < 1.29 is 14.3 Å². The summed E-state index contributed by atoms with van der Waals surface area (Å²) in [5.74, 6) is 0.400. The second-order valence-electron chi connectivity index (χ2n) is 3.68. The first-order valence-electron chi connectivity index (χ1n) is 5.62. The lowest BCUT2D eigenvalue weighted by atomic mass is 10.2. The Morgan fingerprint density at radius 1 is 1.33 bits per heavy atom. The molecule has 6 nitrogen and oxygen atoms in total. The number of carbonyl (C=O) groups excluding carboxylic acids is 2. The van der Waals surface area contributed by atoms with E-state index in [0.717, 1.165) is 5.75 Å². The lowest BCUT2D eigenvalue weighted by molar-refractivity contribution is -0.117. The molecule has 1 unspecified atom stereocenters. The van der Waals surface area contributed by atoms with Crippen molar-refractivity contribution in [2.24, 2.45) is 5.73 Å². The summed E-state index contributed by atoms with van der Waals surface area (Å²) in [6.07, 6.45) is 0. The molecule has 1 aromatic carbocycles. The van der Waals surface area contributed by atoms with Crippen molar-refractivity contribution in [1.29, 1.82) is 0 Å². The van der Waals surface area contributed by atoms with Crippen LogP contribution < -0.4 is 21.1 Å². The number of anilines is 1. The molecule has 0 saturated heterocycles. The smallest absolute Gasteiger partial charge is 0.312 e. The van der Waals surface area contributed by atoms with Crippen LogP contribution in [0.15, 0.2) is 24.3 Å². The van der Waals surface area contributed by atoms with Gasteiger partial charge in [0.15, 0.2) is 0 Å². The summed E-state index contributed by atoms with van der Waals surface area (Å²) in [7, 11) is 0. The summed E-state index contributed by atoms with van der Waals surface area (Å²) in [5.41, 5.74) is 5.56. The number of nitrogens with one attached hydrogen (secondary N) is 2. The fraction of sp³-hybridized carbons (Fsp3) is 0.333. The van der Waals surface area contributed by atoms with Crippen LogP contribution in [0.5, 0.6) is 5.75 Å². The number of carbonyl (C=O) groups is 2. The summed E-state index contributed by atoms with van der Waals surface area (Å²) in [4.78, 5) is 22.2. The van der Waals surface area contributed by atoms with Crippen molar-refractivity contribution in [1.82, 2.24) is 5.32 Å². The van der Waals surface area contributed by atoms with E-state index in [4.69, 9.17) is 10.5 Å². The third-order valence-electron chi connectivity index (χ3n) is 2.18. The first kappa shape index (κ1) is 13.8. The summed E-state index contributed by atoms with van der Waals surface area (Å²) in [6, 6.07) is 5.54. The summed E-state index contributed by atoms with van der Waals surface area (Å²) >= 11 is 0. The number of hydrogen-bond donors (Lipinski definition) is 3. The fourth-order valence-electron chi connectivity index (χ4n) is 1.33. The lowest BCUT2D eigenvalue weighted by Crippen LogP contribution is -2.44. The number of hydrogen-bond acceptors (Lipinski definition) is 3. The molecule has 1 aromatic rings. The topological polar surface area (TPSA) is 93.4 Å². The average Bonchev–Trinajstić information content (AvgIpc) is 2.31. The molecule has 6 heteroatoms. The lowest BCUT2D eigenvalue weighted by Gasteiger charge is -2.12. The van der Waals surface area contributed by atoms with Crippen LogP contribution in [-0.4, -0.2) is 24.6 Å². The van der Waals surface area contributed by atoms with Crippen LogP contribution in [0.1, 0.15) is 13.8 Å². The molecule has 0 aliphatic carbocycles. The molecule has 18 heavy (non-hydrogen) atoms. The van der Waals surface area contributed by atoms with Crippen molar-refractivity contribution in [3.63, 3.8) is 0 Å². The van der Waals surface area contributed by atoms with E-state index in [1.165, 1.54) is 0 Å². The minimum Gasteiger partial charge on any atom is -0.494 e. The van der Waals surface area contributed by atoms with E-state index in [-0.39, 0.29) is 5.91 Å². The van der Waals surface area contributed by atoms with Crippen LogP contribution in [0.25, 0.3) is 0 Å². The largest absolute Gasteiger partial charge is 0.494 e. The van der Waals surface area contributed by atoms with Crippen LogP contribution in [0.2, 0.25) is 0 Å². The second-order valence-corrected chi connectivity index (χ2v) is 3.68. The van der Waals surface area contributed by atoms with E-state index in [0.29, 0.717) is 12.3 Å². The van der Waals surface area contributed by atoms with E-state index in [9.17, 15) is 9.59 Å². The Labute approximate surface area is 105 Å². The van der Waals surface area contributed by atoms with Gasteiger partial charge in [-0.2, -0.15) is 0 Å². The predicted octanol–water partition coefficient (Wildman–Crippen LogP) is 1.08. The van der Waals surface area contributed by atoms with Gasteiger partial charge in [0.05, 0.1) is 6.61 Å². The zero-order valence-corrected chi connectivity index (χ0v) is 10.4. The fourth-order valence-corrected chi connectivity index (χ4v) is 1.33. The number of benzene rings is 1. The Bertz CT molecular complexity index is 417. The van der Waals surface area contributed by atoms with Crippen molar-refractivity contribution in [3.05, 3.63) is 24.3 Å². The van der Waals surface area contributed by atoms with Gasteiger partial charge in [0, 0.05) is 5.69 Å². The van der Waals surface area contributed by atoms with Gasteiger partial charge in [-0.3, -0.25) is 4.79 Å². The highest BCUT2D eigenvalue weighted by Crippen LogP contribution is 2.15. The molecule has 0 aliphatic rings. The minimum atomic E-state index is -0.732. The molecule has 0 bridgehead atoms. The molecule has 0 aromatic heterocycles. The zero-order chi connectivity index (χ0) is 13.5. The van der Waals surface area contributed by atoms with E-state index < -0.39 is 12.1 Å². The number of primary amides is 1. The van der Waals surface area contributed by atoms with Gasteiger partial charge in [-0.25, -0.2) is 4.79 Å². The highest BCUT2D eigenvalue weighted by Gasteiger charge is 2.13.